The number of fused-ring (bicyclic) bond motifs is 1. The predicted octanol–water partition coefficient (Wildman–Crippen LogP) is 3.30. The van der Waals surface area contributed by atoms with Gasteiger partial charge in [0, 0.05) is 17.1 Å². The van der Waals surface area contributed by atoms with Crippen molar-refractivity contribution in [2.45, 2.75) is 24.3 Å². The van der Waals surface area contributed by atoms with Crippen LogP contribution in [0.25, 0.3) is 0 Å². The van der Waals surface area contributed by atoms with E-state index < -0.39 is 6.10 Å². The van der Waals surface area contributed by atoms with Crippen LogP contribution in [-0.2, 0) is 20.7 Å². The van der Waals surface area contributed by atoms with Crippen LogP contribution < -0.4 is 4.90 Å². The first-order valence-electron chi connectivity index (χ1n) is 7.92. The van der Waals surface area contributed by atoms with Gasteiger partial charge in [-0.3, -0.25) is 9.59 Å². The topological polar surface area (TPSA) is 46.6 Å². The Morgan fingerprint density at radius 2 is 1.83 bits per heavy atom. The van der Waals surface area contributed by atoms with Gasteiger partial charge in [0.05, 0.1) is 5.75 Å². The Labute approximate surface area is 145 Å². The average molecular weight is 341 g/mol. The van der Waals surface area contributed by atoms with Crippen molar-refractivity contribution in [3.8, 4) is 0 Å². The van der Waals surface area contributed by atoms with Crippen LogP contribution in [0.2, 0.25) is 0 Å². The third kappa shape index (κ3) is 3.79. The number of hydrogen-bond acceptors (Lipinski definition) is 4. The van der Waals surface area contributed by atoms with Gasteiger partial charge in [-0.05, 0) is 37.1 Å². The summed E-state index contributed by atoms with van der Waals surface area (Å²) in [7, 11) is 0. The zero-order valence-electron chi connectivity index (χ0n) is 13.5. The van der Waals surface area contributed by atoms with Crippen LogP contribution >= 0.6 is 11.8 Å². The number of para-hydroxylation sites is 1. The number of thioether (sulfide) groups is 1. The van der Waals surface area contributed by atoms with Crippen molar-refractivity contribution in [1.29, 1.82) is 0 Å². The van der Waals surface area contributed by atoms with Crippen LogP contribution in [0, 0.1) is 0 Å². The van der Waals surface area contributed by atoms with E-state index in [1.807, 2.05) is 54.6 Å². The maximum Gasteiger partial charge on any atom is 0.317 e. The molecule has 0 spiro atoms. The molecule has 124 valence electrons. The Morgan fingerprint density at radius 3 is 2.62 bits per heavy atom. The molecule has 2 aromatic carbocycles. The molecule has 5 heteroatoms. The molecular formula is C19H19NO3S. The highest BCUT2D eigenvalue weighted by Crippen LogP contribution is 2.28. The Morgan fingerprint density at radius 1 is 1.12 bits per heavy atom. The number of carbonyl (C=O) groups is 2. The first kappa shape index (κ1) is 16.6. The third-order valence-electron chi connectivity index (χ3n) is 3.91. The van der Waals surface area contributed by atoms with E-state index in [-0.39, 0.29) is 17.6 Å². The van der Waals surface area contributed by atoms with Crippen LogP contribution in [0.1, 0.15) is 12.5 Å². The maximum absolute atomic E-state index is 12.6. The lowest BCUT2D eigenvalue weighted by molar-refractivity contribution is -0.151. The Bertz CT molecular complexity index is 732. The molecule has 0 saturated heterocycles. The lowest BCUT2D eigenvalue weighted by atomic mass is 10.2. The van der Waals surface area contributed by atoms with Crippen LogP contribution in [0.15, 0.2) is 59.5 Å². The molecule has 4 nitrogen and oxygen atoms in total. The second-order valence-corrected chi connectivity index (χ2v) is 6.65. The average Bonchev–Trinajstić information content (AvgIpc) is 3.04. The molecule has 0 saturated carbocycles. The molecule has 2 aromatic rings. The summed E-state index contributed by atoms with van der Waals surface area (Å²) in [6, 6.07) is 17.5. The number of hydrogen-bond donors (Lipinski definition) is 0. The number of amides is 1. The highest BCUT2D eigenvalue weighted by atomic mass is 32.2. The Hall–Kier alpha value is -2.27. The van der Waals surface area contributed by atoms with Crippen LogP contribution in [0.4, 0.5) is 5.69 Å². The number of ether oxygens (including phenoxy) is 1. The summed E-state index contributed by atoms with van der Waals surface area (Å²) in [5.41, 5.74) is 2.08. The molecule has 0 fully saturated rings. The van der Waals surface area contributed by atoms with Crippen molar-refractivity contribution in [3.05, 3.63) is 60.2 Å². The largest absolute Gasteiger partial charge is 0.452 e. The number of benzene rings is 2. The monoisotopic (exact) mass is 341 g/mol. The number of rotatable bonds is 5. The summed E-state index contributed by atoms with van der Waals surface area (Å²) in [6.07, 6.45) is 0.0620. The fraction of sp³-hybridized carbons (Fsp3) is 0.263. The van der Waals surface area contributed by atoms with E-state index in [9.17, 15) is 9.59 Å². The lowest BCUT2D eigenvalue weighted by Crippen LogP contribution is -2.39. The molecule has 0 N–H and O–H groups in total. The van der Waals surface area contributed by atoms with Gasteiger partial charge >= 0.3 is 5.97 Å². The summed E-state index contributed by atoms with van der Waals surface area (Å²) in [5, 5.41) is 0. The van der Waals surface area contributed by atoms with E-state index in [4.69, 9.17) is 4.74 Å². The molecule has 1 aliphatic heterocycles. The smallest absolute Gasteiger partial charge is 0.317 e. The van der Waals surface area contributed by atoms with Crippen molar-refractivity contribution in [1.82, 2.24) is 0 Å². The zero-order chi connectivity index (χ0) is 16.9. The summed E-state index contributed by atoms with van der Waals surface area (Å²) in [6.45, 7) is 2.27. The summed E-state index contributed by atoms with van der Waals surface area (Å²) < 4.78 is 5.31. The molecule has 0 aliphatic carbocycles. The van der Waals surface area contributed by atoms with Gasteiger partial charge in [0.25, 0.3) is 5.91 Å². The number of carbonyl (C=O) groups excluding carboxylic acids is 2. The molecule has 0 aromatic heterocycles. The van der Waals surface area contributed by atoms with Gasteiger partial charge < -0.3 is 9.64 Å². The summed E-state index contributed by atoms with van der Waals surface area (Å²) >= 11 is 1.40. The van der Waals surface area contributed by atoms with E-state index in [0.29, 0.717) is 6.54 Å². The van der Waals surface area contributed by atoms with E-state index in [1.165, 1.54) is 11.8 Å². The molecule has 24 heavy (non-hydrogen) atoms. The first-order valence-corrected chi connectivity index (χ1v) is 8.90. The predicted molar refractivity (Wildman–Crippen MR) is 95.2 cm³/mol. The second-order valence-electron chi connectivity index (χ2n) is 5.60. The fourth-order valence-electron chi connectivity index (χ4n) is 2.73. The molecule has 3 rings (SSSR count). The highest BCUT2D eigenvalue weighted by molar-refractivity contribution is 8.00. The van der Waals surface area contributed by atoms with E-state index in [1.54, 1.807) is 11.8 Å². The summed E-state index contributed by atoms with van der Waals surface area (Å²) in [4.78, 5) is 27.2. The quantitative estimate of drug-likeness (QED) is 0.618. The van der Waals surface area contributed by atoms with Crippen molar-refractivity contribution in [2.75, 3.05) is 17.2 Å². The van der Waals surface area contributed by atoms with Crippen LogP contribution in [0.3, 0.4) is 0 Å². The normalized spacial score (nSPS) is 14.1. The van der Waals surface area contributed by atoms with Crippen molar-refractivity contribution in [2.24, 2.45) is 0 Å². The fourth-order valence-corrected chi connectivity index (χ4v) is 3.43. The lowest BCUT2D eigenvalue weighted by Gasteiger charge is -2.21. The SMILES string of the molecule is C[C@@H](OC(=O)CSc1ccccc1)C(=O)N1CCc2ccccc21. The molecule has 0 radical (unpaired) electrons. The van der Waals surface area contributed by atoms with E-state index in [0.717, 1.165) is 22.6 Å². The molecule has 1 amide bonds. The summed E-state index contributed by atoms with van der Waals surface area (Å²) in [5.74, 6) is -0.353. The zero-order valence-corrected chi connectivity index (χ0v) is 14.3. The van der Waals surface area contributed by atoms with Gasteiger partial charge in [-0.1, -0.05) is 36.4 Å². The first-order chi connectivity index (χ1) is 11.6. The maximum atomic E-state index is 12.6. The number of anilines is 1. The third-order valence-corrected chi connectivity index (χ3v) is 4.89. The van der Waals surface area contributed by atoms with Gasteiger partial charge in [0.1, 0.15) is 0 Å². The molecule has 0 unspecified atom stereocenters. The van der Waals surface area contributed by atoms with Crippen molar-refractivity contribution in [3.63, 3.8) is 0 Å². The standard InChI is InChI=1S/C19H19NO3S/c1-14(23-18(21)13-24-16-8-3-2-4-9-16)19(22)20-12-11-15-7-5-6-10-17(15)20/h2-10,14H,11-13H2,1H3/t14-/m1/s1. The molecule has 1 heterocycles. The van der Waals surface area contributed by atoms with Gasteiger partial charge in [0.15, 0.2) is 6.10 Å². The molecule has 1 atom stereocenters. The van der Waals surface area contributed by atoms with Gasteiger partial charge in [-0.2, -0.15) is 0 Å². The minimum Gasteiger partial charge on any atom is -0.452 e. The molecule has 0 bridgehead atoms. The Balaban J connectivity index is 1.54. The van der Waals surface area contributed by atoms with Gasteiger partial charge in [0.2, 0.25) is 0 Å². The van der Waals surface area contributed by atoms with E-state index >= 15 is 0 Å². The van der Waals surface area contributed by atoms with Gasteiger partial charge in [-0.15, -0.1) is 11.8 Å². The minimum absolute atomic E-state index is 0.169. The Kier molecular flexibility index (Phi) is 5.20. The number of nitrogens with zero attached hydrogens (tertiary/aromatic N) is 1. The number of esters is 1. The second kappa shape index (κ2) is 7.53. The van der Waals surface area contributed by atoms with Crippen LogP contribution in [0.5, 0.6) is 0 Å². The van der Waals surface area contributed by atoms with Crippen LogP contribution in [-0.4, -0.2) is 30.3 Å². The molecular weight excluding hydrogens is 322 g/mol. The van der Waals surface area contributed by atoms with E-state index in [2.05, 4.69) is 0 Å². The van der Waals surface area contributed by atoms with Crippen molar-refractivity contribution >= 4 is 29.3 Å². The molecule has 1 aliphatic rings. The van der Waals surface area contributed by atoms with Gasteiger partial charge in [-0.25, -0.2) is 0 Å². The highest BCUT2D eigenvalue weighted by Gasteiger charge is 2.29. The minimum atomic E-state index is -0.778. The van der Waals surface area contributed by atoms with Crippen molar-refractivity contribution < 1.29 is 14.3 Å².